The van der Waals surface area contributed by atoms with Crippen molar-refractivity contribution in [2.75, 3.05) is 0 Å². The minimum atomic E-state index is -4.31. The Labute approximate surface area is 161 Å². The Morgan fingerprint density at radius 2 is 1.77 bits per heavy atom. The van der Waals surface area contributed by atoms with E-state index in [1.807, 2.05) is 18.2 Å². The van der Waals surface area contributed by atoms with Gasteiger partial charge in [0.1, 0.15) is 10.0 Å². The molecule has 7 heteroatoms. The molecule has 134 valence electrons. The van der Waals surface area contributed by atoms with Gasteiger partial charge in [0.05, 0.1) is 5.56 Å². The Morgan fingerprint density at radius 1 is 1.04 bits per heavy atom. The lowest BCUT2D eigenvalue weighted by atomic mass is 9.99. The SMILES string of the molecule is FC(F)(F)c1ccc(Cc2ccc(Br)cc2-c2nnc(C3CC3)s2)cc1. The van der Waals surface area contributed by atoms with Gasteiger partial charge in [0.25, 0.3) is 0 Å². The van der Waals surface area contributed by atoms with Crippen LogP contribution in [-0.4, -0.2) is 10.2 Å². The molecule has 1 aliphatic rings. The molecule has 0 N–H and O–H groups in total. The van der Waals surface area contributed by atoms with Crippen molar-refractivity contribution < 1.29 is 13.2 Å². The van der Waals surface area contributed by atoms with Crippen LogP contribution in [0.2, 0.25) is 0 Å². The first kappa shape index (κ1) is 17.7. The molecule has 1 fully saturated rings. The minimum Gasteiger partial charge on any atom is -0.166 e. The second kappa shape index (κ2) is 6.78. The van der Waals surface area contributed by atoms with Gasteiger partial charge in [-0.3, -0.25) is 0 Å². The van der Waals surface area contributed by atoms with E-state index in [-0.39, 0.29) is 0 Å². The molecule has 0 radical (unpaired) electrons. The molecule has 2 aromatic carbocycles. The summed E-state index contributed by atoms with van der Waals surface area (Å²) in [5.41, 5.74) is 2.19. The first-order chi connectivity index (χ1) is 12.4. The number of halogens is 4. The summed E-state index contributed by atoms with van der Waals surface area (Å²) < 4.78 is 39.1. The molecular weight excluding hydrogens is 425 g/mol. The van der Waals surface area contributed by atoms with Gasteiger partial charge in [-0.25, -0.2) is 0 Å². The molecule has 1 aromatic heterocycles. The highest BCUT2D eigenvalue weighted by Gasteiger charge is 2.30. The van der Waals surface area contributed by atoms with Crippen LogP contribution in [-0.2, 0) is 12.6 Å². The van der Waals surface area contributed by atoms with E-state index in [9.17, 15) is 13.2 Å². The molecule has 1 aliphatic carbocycles. The summed E-state index contributed by atoms with van der Waals surface area (Å²) >= 11 is 5.09. The molecule has 2 nitrogen and oxygen atoms in total. The molecule has 4 rings (SSSR count). The summed E-state index contributed by atoms with van der Waals surface area (Å²) in [6, 6.07) is 11.2. The molecule has 0 amide bonds. The molecule has 0 aliphatic heterocycles. The van der Waals surface area contributed by atoms with Crippen molar-refractivity contribution in [1.29, 1.82) is 0 Å². The van der Waals surface area contributed by atoms with E-state index in [2.05, 4.69) is 26.1 Å². The average Bonchev–Trinajstić information content (AvgIpc) is 3.33. The number of benzene rings is 2. The third-order valence-corrected chi connectivity index (χ3v) is 5.96. The second-order valence-corrected chi connectivity index (χ2v) is 8.32. The first-order valence-corrected chi connectivity index (χ1v) is 9.79. The first-order valence-electron chi connectivity index (χ1n) is 8.18. The Balaban J connectivity index is 1.63. The number of nitrogens with zero attached hydrogens (tertiary/aromatic N) is 2. The molecule has 0 unspecified atom stereocenters. The van der Waals surface area contributed by atoms with Crippen LogP contribution in [0.4, 0.5) is 13.2 Å². The van der Waals surface area contributed by atoms with E-state index < -0.39 is 11.7 Å². The number of rotatable bonds is 4. The molecule has 0 atom stereocenters. The molecule has 0 bridgehead atoms. The maximum absolute atomic E-state index is 12.7. The van der Waals surface area contributed by atoms with Crippen molar-refractivity contribution in [3.05, 3.63) is 68.6 Å². The summed E-state index contributed by atoms with van der Waals surface area (Å²) in [6.45, 7) is 0. The van der Waals surface area contributed by atoms with Gasteiger partial charge in [-0.15, -0.1) is 10.2 Å². The van der Waals surface area contributed by atoms with Crippen LogP contribution >= 0.6 is 27.3 Å². The van der Waals surface area contributed by atoms with Crippen LogP contribution in [0.15, 0.2) is 46.9 Å². The molecule has 0 saturated heterocycles. The topological polar surface area (TPSA) is 25.8 Å². The van der Waals surface area contributed by atoms with Crippen LogP contribution in [0.25, 0.3) is 10.6 Å². The van der Waals surface area contributed by atoms with Crippen molar-refractivity contribution >= 4 is 27.3 Å². The Hall–Kier alpha value is -1.73. The minimum absolute atomic E-state index is 0.541. The van der Waals surface area contributed by atoms with E-state index in [0.717, 1.165) is 43.3 Å². The number of hydrogen-bond acceptors (Lipinski definition) is 3. The monoisotopic (exact) mass is 438 g/mol. The van der Waals surface area contributed by atoms with Crippen LogP contribution in [0.1, 0.15) is 40.5 Å². The maximum Gasteiger partial charge on any atom is 0.416 e. The summed E-state index contributed by atoms with van der Waals surface area (Å²) in [7, 11) is 0. The maximum atomic E-state index is 12.7. The number of aromatic nitrogens is 2. The van der Waals surface area contributed by atoms with Gasteiger partial charge in [0, 0.05) is 16.0 Å². The fourth-order valence-corrected chi connectivity index (χ4v) is 4.20. The summed E-state index contributed by atoms with van der Waals surface area (Å²) in [6.07, 6.45) is -1.43. The van der Waals surface area contributed by atoms with Crippen LogP contribution < -0.4 is 0 Å². The molecule has 1 heterocycles. The Morgan fingerprint density at radius 3 is 2.42 bits per heavy atom. The lowest BCUT2D eigenvalue weighted by Gasteiger charge is -2.10. The highest BCUT2D eigenvalue weighted by atomic mass is 79.9. The summed E-state index contributed by atoms with van der Waals surface area (Å²) in [5.74, 6) is 0.548. The lowest BCUT2D eigenvalue weighted by molar-refractivity contribution is -0.137. The summed E-state index contributed by atoms with van der Waals surface area (Å²) in [4.78, 5) is 0. The third kappa shape index (κ3) is 3.83. The fourth-order valence-electron chi connectivity index (χ4n) is 2.77. The Kier molecular flexibility index (Phi) is 4.61. The highest BCUT2D eigenvalue weighted by molar-refractivity contribution is 9.10. The fraction of sp³-hybridized carbons (Fsp3) is 0.263. The number of hydrogen-bond donors (Lipinski definition) is 0. The lowest BCUT2D eigenvalue weighted by Crippen LogP contribution is -2.04. The van der Waals surface area contributed by atoms with Gasteiger partial charge in [0.2, 0.25) is 0 Å². The largest absolute Gasteiger partial charge is 0.416 e. The van der Waals surface area contributed by atoms with Crippen molar-refractivity contribution in [2.24, 2.45) is 0 Å². The predicted octanol–water partition coefficient (Wildman–Crippen LogP) is 6.45. The van der Waals surface area contributed by atoms with E-state index in [1.54, 1.807) is 11.3 Å². The van der Waals surface area contributed by atoms with Gasteiger partial charge in [-0.05, 0) is 54.7 Å². The van der Waals surface area contributed by atoms with E-state index in [0.29, 0.717) is 12.3 Å². The van der Waals surface area contributed by atoms with Gasteiger partial charge in [-0.2, -0.15) is 13.2 Å². The molecular formula is C19H14BrF3N2S. The van der Waals surface area contributed by atoms with Crippen LogP contribution in [0.5, 0.6) is 0 Å². The quantitative estimate of drug-likeness (QED) is 0.467. The third-order valence-electron chi connectivity index (χ3n) is 4.35. The van der Waals surface area contributed by atoms with Crippen molar-refractivity contribution in [3.63, 3.8) is 0 Å². The van der Waals surface area contributed by atoms with Gasteiger partial charge < -0.3 is 0 Å². The van der Waals surface area contributed by atoms with E-state index >= 15 is 0 Å². The summed E-state index contributed by atoms with van der Waals surface area (Å²) in [5, 5.41) is 10.6. The van der Waals surface area contributed by atoms with Crippen LogP contribution in [0.3, 0.4) is 0 Å². The molecule has 1 saturated carbocycles. The molecule has 0 spiro atoms. The van der Waals surface area contributed by atoms with E-state index in [1.165, 1.54) is 25.0 Å². The van der Waals surface area contributed by atoms with Crippen molar-refractivity contribution in [1.82, 2.24) is 10.2 Å². The molecule has 26 heavy (non-hydrogen) atoms. The average molecular weight is 439 g/mol. The van der Waals surface area contributed by atoms with Gasteiger partial charge in [-0.1, -0.05) is 45.5 Å². The number of alkyl halides is 3. The van der Waals surface area contributed by atoms with Gasteiger partial charge in [0.15, 0.2) is 0 Å². The Bertz CT molecular complexity index is 931. The zero-order chi connectivity index (χ0) is 18.3. The smallest absolute Gasteiger partial charge is 0.166 e. The van der Waals surface area contributed by atoms with Crippen LogP contribution in [0, 0.1) is 0 Å². The van der Waals surface area contributed by atoms with Crippen molar-refractivity contribution in [2.45, 2.75) is 31.4 Å². The predicted molar refractivity (Wildman–Crippen MR) is 99.3 cm³/mol. The van der Waals surface area contributed by atoms with Gasteiger partial charge >= 0.3 is 6.18 Å². The zero-order valence-electron chi connectivity index (χ0n) is 13.6. The normalized spacial score (nSPS) is 14.6. The van der Waals surface area contributed by atoms with Crippen molar-refractivity contribution in [3.8, 4) is 10.6 Å². The molecule has 3 aromatic rings. The zero-order valence-corrected chi connectivity index (χ0v) is 16.0. The second-order valence-electron chi connectivity index (χ2n) is 6.39. The highest BCUT2D eigenvalue weighted by Crippen LogP contribution is 2.43. The van der Waals surface area contributed by atoms with E-state index in [4.69, 9.17) is 0 Å². The standard InChI is InChI=1S/C19H14BrF3N2S/c20-15-8-5-13(9-11-1-6-14(7-2-11)19(21,22)23)16(10-15)18-25-24-17(26-18)12-3-4-12/h1-2,5-8,10,12H,3-4,9H2.